The van der Waals surface area contributed by atoms with Crippen LogP contribution in [0.25, 0.3) is 11.1 Å². The van der Waals surface area contributed by atoms with Gasteiger partial charge < -0.3 is 15.4 Å². The number of benzene rings is 2. The van der Waals surface area contributed by atoms with E-state index in [2.05, 4.69) is 15.4 Å². The van der Waals surface area contributed by atoms with Crippen molar-refractivity contribution in [3.05, 3.63) is 54.1 Å². The third-order valence-corrected chi connectivity index (χ3v) is 3.88. The van der Waals surface area contributed by atoms with Gasteiger partial charge in [-0.3, -0.25) is 9.59 Å². The van der Waals surface area contributed by atoms with Crippen molar-refractivity contribution in [2.24, 2.45) is 0 Å². The molecule has 27 heavy (non-hydrogen) atoms. The van der Waals surface area contributed by atoms with Crippen LogP contribution in [-0.4, -0.2) is 30.8 Å². The molecule has 8 heteroatoms. The zero-order chi connectivity index (χ0) is 19.4. The van der Waals surface area contributed by atoms with Crippen LogP contribution >= 0.6 is 0 Å². The monoisotopic (exact) mass is 378 g/mol. The van der Waals surface area contributed by atoms with Crippen LogP contribution in [0.15, 0.2) is 48.5 Å². The summed E-state index contributed by atoms with van der Waals surface area (Å²) < 4.78 is 41.0. The summed E-state index contributed by atoms with van der Waals surface area (Å²) in [6.07, 6.45) is -2.86. The van der Waals surface area contributed by atoms with Gasteiger partial charge in [-0.15, -0.1) is 13.2 Å². The summed E-state index contributed by atoms with van der Waals surface area (Å²) in [6.45, 7) is -0.130. The highest BCUT2D eigenvalue weighted by Gasteiger charge is 2.31. The summed E-state index contributed by atoms with van der Waals surface area (Å²) in [4.78, 5) is 23.9. The molecule has 142 valence electrons. The quantitative estimate of drug-likeness (QED) is 0.811. The standard InChI is InChI=1S/C19H17F3N2O3/c20-19(21,22)27-16-6-2-4-13(10-16)12-3-1-5-14(9-12)18(26)23-11-17(25)24-15-7-8-15/h1-6,9-10,15H,7-8,11H2,(H,23,26)(H,24,25). The Labute approximate surface area is 153 Å². The van der Waals surface area contributed by atoms with Crippen LogP contribution < -0.4 is 15.4 Å². The molecule has 1 saturated carbocycles. The first-order chi connectivity index (χ1) is 12.8. The Morgan fingerprint density at radius 3 is 2.37 bits per heavy atom. The first-order valence-corrected chi connectivity index (χ1v) is 8.34. The third-order valence-electron chi connectivity index (χ3n) is 3.88. The first-order valence-electron chi connectivity index (χ1n) is 8.34. The molecule has 2 aromatic rings. The minimum Gasteiger partial charge on any atom is -0.406 e. The van der Waals surface area contributed by atoms with Crippen molar-refractivity contribution in [1.82, 2.24) is 10.6 Å². The molecule has 3 rings (SSSR count). The van der Waals surface area contributed by atoms with E-state index in [1.807, 2.05) is 0 Å². The van der Waals surface area contributed by atoms with Gasteiger partial charge in [0, 0.05) is 11.6 Å². The van der Waals surface area contributed by atoms with Crippen molar-refractivity contribution >= 4 is 11.8 Å². The molecular formula is C19H17F3N2O3. The van der Waals surface area contributed by atoms with Crippen molar-refractivity contribution in [3.63, 3.8) is 0 Å². The second-order valence-corrected chi connectivity index (χ2v) is 6.18. The second-order valence-electron chi connectivity index (χ2n) is 6.18. The molecule has 0 aromatic heterocycles. The van der Waals surface area contributed by atoms with Crippen LogP contribution in [0.4, 0.5) is 13.2 Å². The normalized spacial score (nSPS) is 13.7. The largest absolute Gasteiger partial charge is 0.573 e. The van der Waals surface area contributed by atoms with Gasteiger partial charge in [-0.05, 0) is 48.2 Å². The molecular weight excluding hydrogens is 361 g/mol. The average molecular weight is 378 g/mol. The van der Waals surface area contributed by atoms with Gasteiger partial charge >= 0.3 is 6.36 Å². The van der Waals surface area contributed by atoms with Gasteiger partial charge in [0.2, 0.25) is 5.91 Å². The number of nitrogens with one attached hydrogen (secondary N) is 2. The van der Waals surface area contributed by atoms with Crippen molar-refractivity contribution in [1.29, 1.82) is 0 Å². The topological polar surface area (TPSA) is 67.4 Å². The summed E-state index contributed by atoms with van der Waals surface area (Å²) in [6, 6.07) is 12.1. The number of rotatable bonds is 6. The summed E-state index contributed by atoms with van der Waals surface area (Å²) in [5.74, 6) is -1.03. The van der Waals surface area contributed by atoms with E-state index in [1.54, 1.807) is 30.3 Å². The van der Waals surface area contributed by atoms with Gasteiger partial charge in [0.25, 0.3) is 5.91 Å². The number of carbonyl (C=O) groups is 2. The Kier molecular flexibility index (Phi) is 5.34. The van der Waals surface area contributed by atoms with E-state index in [4.69, 9.17) is 0 Å². The van der Waals surface area contributed by atoms with Gasteiger partial charge in [0.15, 0.2) is 0 Å². The Morgan fingerprint density at radius 1 is 1.04 bits per heavy atom. The summed E-state index contributed by atoms with van der Waals surface area (Å²) in [5.41, 5.74) is 1.32. The minimum absolute atomic E-state index is 0.130. The Bertz CT molecular complexity index is 848. The van der Waals surface area contributed by atoms with E-state index >= 15 is 0 Å². The van der Waals surface area contributed by atoms with Gasteiger partial charge in [0.1, 0.15) is 5.75 Å². The fraction of sp³-hybridized carbons (Fsp3) is 0.263. The number of hydrogen-bond donors (Lipinski definition) is 2. The highest BCUT2D eigenvalue weighted by molar-refractivity contribution is 5.97. The summed E-state index contributed by atoms with van der Waals surface area (Å²) in [5, 5.41) is 5.29. The number of hydrogen-bond acceptors (Lipinski definition) is 3. The predicted molar refractivity (Wildman–Crippen MR) is 92.1 cm³/mol. The van der Waals surface area contributed by atoms with Gasteiger partial charge in [0.05, 0.1) is 6.54 Å². The van der Waals surface area contributed by atoms with E-state index in [0.717, 1.165) is 12.8 Å². The highest BCUT2D eigenvalue weighted by atomic mass is 19.4. The van der Waals surface area contributed by atoms with Crippen molar-refractivity contribution in [2.75, 3.05) is 6.54 Å². The Balaban J connectivity index is 1.68. The van der Waals surface area contributed by atoms with Crippen LogP contribution in [0, 0.1) is 0 Å². The molecule has 1 aliphatic rings. The minimum atomic E-state index is -4.78. The summed E-state index contributed by atoms with van der Waals surface area (Å²) >= 11 is 0. The van der Waals surface area contributed by atoms with E-state index in [-0.39, 0.29) is 24.2 Å². The van der Waals surface area contributed by atoms with Crippen molar-refractivity contribution < 1.29 is 27.5 Å². The van der Waals surface area contributed by atoms with Crippen molar-refractivity contribution in [3.8, 4) is 16.9 Å². The molecule has 5 nitrogen and oxygen atoms in total. The molecule has 1 aliphatic carbocycles. The SMILES string of the molecule is O=C(CNC(=O)c1cccc(-c2cccc(OC(F)(F)F)c2)c1)NC1CC1. The molecule has 0 heterocycles. The average Bonchev–Trinajstić information content (AvgIpc) is 3.42. The van der Waals surface area contributed by atoms with Gasteiger partial charge in [-0.1, -0.05) is 24.3 Å². The number of ether oxygens (including phenoxy) is 1. The number of carbonyl (C=O) groups excluding carboxylic acids is 2. The second kappa shape index (κ2) is 7.69. The molecule has 0 saturated heterocycles. The van der Waals surface area contributed by atoms with Gasteiger partial charge in [-0.2, -0.15) is 0 Å². The maximum absolute atomic E-state index is 12.4. The molecule has 0 unspecified atom stereocenters. The van der Waals surface area contributed by atoms with Crippen LogP contribution in [0.2, 0.25) is 0 Å². The lowest BCUT2D eigenvalue weighted by atomic mass is 10.0. The van der Waals surface area contributed by atoms with E-state index in [1.165, 1.54) is 18.2 Å². The first kappa shape index (κ1) is 18.8. The number of amides is 2. The van der Waals surface area contributed by atoms with Crippen LogP contribution in [-0.2, 0) is 4.79 Å². The molecule has 0 bridgehead atoms. The molecule has 1 fully saturated rings. The summed E-state index contributed by atoms with van der Waals surface area (Å²) in [7, 11) is 0. The van der Waals surface area contributed by atoms with E-state index < -0.39 is 12.3 Å². The third kappa shape index (κ3) is 5.73. The van der Waals surface area contributed by atoms with Gasteiger partial charge in [-0.25, -0.2) is 0 Å². The number of alkyl halides is 3. The molecule has 0 aliphatic heterocycles. The molecule has 2 N–H and O–H groups in total. The van der Waals surface area contributed by atoms with E-state index in [0.29, 0.717) is 16.7 Å². The fourth-order valence-corrected chi connectivity index (χ4v) is 2.48. The van der Waals surface area contributed by atoms with Crippen LogP contribution in [0.1, 0.15) is 23.2 Å². The lowest BCUT2D eigenvalue weighted by molar-refractivity contribution is -0.274. The lowest BCUT2D eigenvalue weighted by Gasteiger charge is -2.11. The molecule has 0 spiro atoms. The van der Waals surface area contributed by atoms with Crippen molar-refractivity contribution in [2.45, 2.75) is 25.2 Å². The Morgan fingerprint density at radius 2 is 1.70 bits per heavy atom. The maximum Gasteiger partial charge on any atom is 0.573 e. The van der Waals surface area contributed by atoms with E-state index in [9.17, 15) is 22.8 Å². The zero-order valence-corrected chi connectivity index (χ0v) is 14.2. The molecule has 2 aromatic carbocycles. The smallest absolute Gasteiger partial charge is 0.406 e. The number of halogens is 3. The molecule has 0 radical (unpaired) electrons. The molecule has 0 atom stereocenters. The Hall–Kier alpha value is -3.03. The predicted octanol–water partition coefficient (Wildman–Crippen LogP) is 3.26. The zero-order valence-electron chi connectivity index (χ0n) is 14.2. The lowest BCUT2D eigenvalue weighted by Crippen LogP contribution is -2.37. The molecule has 2 amide bonds. The fourth-order valence-electron chi connectivity index (χ4n) is 2.48. The van der Waals surface area contributed by atoms with Crippen LogP contribution in [0.5, 0.6) is 5.75 Å². The van der Waals surface area contributed by atoms with Crippen LogP contribution in [0.3, 0.4) is 0 Å². The highest BCUT2D eigenvalue weighted by Crippen LogP contribution is 2.28. The maximum atomic E-state index is 12.4.